The van der Waals surface area contributed by atoms with Crippen LogP contribution in [-0.4, -0.2) is 30.5 Å². The lowest BCUT2D eigenvalue weighted by molar-refractivity contribution is 0.0976. The highest BCUT2D eigenvalue weighted by molar-refractivity contribution is 6.32. The first-order valence-corrected chi connectivity index (χ1v) is 9.38. The highest BCUT2D eigenvalue weighted by Crippen LogP contribution is 2.29. The molecule has 140 valence electrons. The Balaban J connectivity index is 1.72. The van der Waals surface area contributed by atoms with Gasteiger partial charge in [-0.05, 0) is 42.4 Å². The first-order valence-electron chi connectivity index (χ1n) is 9.00. The number of halogens is 1. The van der Waals surface area contributed by atoms with E-state index >= 15 is 0 Å². The molecular weight excluding hydrogens is 362 g/mol. The maximum Gasteiger partial charge on any atom is 0.250 e. The molecule has 27 heavy (non-hydrogen) atoms. The van der Waals surface area contributed by atoms with Crippen molar-refractivity contribution < 1.29 is 4.79 Å². The number of ketones is 1. The highest BCUT2D eigenvalue weighted by atomic mass is 35.5. The van der Waals surface area contributed by atoms with Gasteiger partial charge in [0.15, 0.2) is 10.9 Å². The minimum atomic E-state index is -0.0279. The van der Waals surface area contributed by atoms with E-state index in [9.17, 15) is 4.79 Å². The van der Waals surface area contributed by atoms with Gasteiger partial charge in [0.05, 0.1) is 5.56 Å². The number of carbonyl (C=O) groups excluding carboxylic acids is 1. The van der Waals surface area contributed by atoms with Gasteiger partial charge in [-0.1, -0.05) is 31.5 Å². The van der Waals surface area contributed by atoms with Gasteiger partial charge in [0.1, 0.15) is 0 Å². The summed E-state index contributed by atoms with van der Waals surface area (Å²) < 4.78 is 1.43. The predicted octanol–water partition coefficient (Wildman–Crippen LogP) is 4.50. The molecule has 0 aliphatic rings. The molecule has 0 saturated carbocycles. The van der Waals surface area contributed by atoms with E-state index in [1.807, 2.05) is 12.3 Å². The van der Waals surface area contributed by atoms with Gasteiger partial charge in [0, 0.05) is 37.4 Å². The van der Waals surface area contributed by atoms with Crippen molar-refractivity contribution in [2.45, 2.75) is 39.0 Å². The van der Waals surface area contributed by atoms with E-state index in [2.05, 4.69) is 40.0 Å². The normalized spacial score (nSPS) is 12.3. The van der Waals surface area contributed by atoms with Crippen molar-refractivity contribution in [1.29, 1.82) is 0 Å². The number of rotatable bonds is 8. The second-order valence-corrected chi connectivity index (χ2v) is 7.26. The van der Waals surface area contributed by atoms with Gasteiger partial charge in [-0.15, -0.1) is 0 Å². The van der Waals surface area contributed by atoms with Crippen LogP contribution in [0.2, 0.25) is 5.15 Å². The smallest absolute Gasteiger partial charge is 0.250 e. The Hall–Kier alpha value is -2.60. The molecule has 0 saturated heterocycles. The zero-order valence-corrected chi connectivity index (χ0v) is 16.2. The maximum absolute atomic E-state index is 12.7. The molecule has 3 rings (SSSR count). The third kappa shape index (κ3) is 4.98. The summed E-state index contributed by atoms with van der Waals surface area (Å²) in [6.45, 7) is 4.37. The topological polar surface area (TPSA) is 73.6 Å². The lowest BCUT2D eigenvalue weighted by Crippen LogP contribution is -2.07. The molecule has 0 aliphatic heterocycles. The molecule has 0 aliphatic carbocycles. The van der Waals surface area contributed by atoms with Crippen LogP contribution in [0.1, 0.15) is 54.9 Å². The van der Waals surface area contributed by atoms with Gasteiger partial charge in [-0.2, -0.15) is 5.10 Å². The van der Waals surface area contributed by atoms with Crippen LogP contribution in [0.5, 0.6) is 0 Å². The van der Waals surface area contributed by atoms with Crippen LogP contribution in [0.25, 0.3) is 5.95 Å². The van der Waals surface area contributed by atoms with Crippen LogP contribution in [0.4, 0.5) is 0 Å². The van der Waals surface area contributed by atoms with Crippen molar-refractivity contribution in [3.63, 3.8) is 0 Å². The summed E-state index contributed by atoms with van der Waals surface area (Å²) in [6, 6.07) is 5.72. The van der Waals surface area contributed by atoms with Crippen LogP contribution in [0, 0.1) is 5.92 Å². The van der Waals surface area contributed by atoms with Crippen molar-refractivity contribution in [2.24, 2.45) is 5.92 Å². The molecular formula is C20H22ClN5O. The monoisotopic (exact) mass is 383 g/mol. The first-order chi connectivity index (χ1) is 13.0. The molecule has 0 bridgehead atoms. The lowest BCUT2D eigenvalue weighted by Gasteiger charge is -2.18. The van der Waals surface area contributed by atoms with E-state index in [1.54, 1.807) is 30.9 Å². The zero-order valence-electron chi connectivity index (χ0n) is 15.4. The average Bonchev–Trinajstić information content (AvgIpc) is 3.08. The van der Waals surface area contributed by atoms with Crippen LogP contribution >= 0.6 is 11.6 Å². The van der Waals surface area contributed by atoms with Gasteiger partial charge in [-0.3, -0.25) is 9.78 Å². The molecule has 1 unspecified atom stereocenters. The van der Waals surface area contributed by atoms with Gasteiger partial charge in [0.25, 0.3) is 0 Å². The molecule has 0 spiro atoms. The Bertz CT molecular complexity index is 880. The summed E-state index contributed by atoms with van der Waals surface area (Å²) in [4.78, 5) is 25.2. The standard InChI is InChI=1S/C20H22ClN5O/c1-14(2)11-15(16-5-3-8-22-12-16)6-7-18(27)17-13-26(25-19(17)21)20-23-9-4-10-24-20/h3-5,8-10,12-15H,6-7,11H2,1-2H3. The number of hydrogen-bond acceptors (Lipinski definition) is 5. The number of carbonyl (C=O) groups is 1. The molecule has 6 nitrogen and oxygen atoms in total. The Morgan fingerprint density at radius 3 is 2.63 bits per heavy atom. The lowest BCUT2D eigenvalue weighted by atomic mass is 9.86. The summed E-state index contributed by atoms with van der Waals surface area (Å²) in [5.74, 6) is 1.17. The van der Waals surface area contributed by atoms with E-state index in [4.69, 9.17) is 11.6 Å². The molecule has 3 aromatic rings. The van der Waals surface area contributed by atoms with E-state index in [0.29, 0.717) is 23.9 Å². The molecule has 0 amide bonds. The van der Waals surface area contributed by atoms with Gasteiger partial charge >= 0.3 is 0 Å². The molecule has 7 heteroatoms. The molecule has 0 aromatic carbocycles. The molecule has 0 fully saturated rings. The molecule has 1 atom stereocenters. The summed E-state index contributed by atoms with van der Waals surface area (Å²) in [7, 11) is 0. The van der Waals surface area contributed by atoms with E-state index in [-0.39, 0.29) is 16.9 Å². The van der Waals surface area contributed by atoms with Crippen LogP contribution in [0.15, 0.2) is 49.2 Å². The van der Waals surface area contributed by atoms with Crippen LogP contribution in [0.3, 0.4) is 0 Å². The fraction of sp³-hybridized carbons (Fsp3) is 0.350. The summed E-state index contributed by atoms with van der Waals surface area (Å²) >= 11 is 6.19. The third-order valence-electron chi connectivity index (χ3n) is 4.36. The quantitative estimate of drug-likeness (QED) is 0.535. The van der Waals surface area contributed by atoms with Crippen molar-refractivity contribution in [3.8, 4) is 5.95 Å². The van der Waals surface area contributed by atoms with E-state index in [1.165, 1.54) is 10.2 Å². The fourth-order valence-electron chi connectivity index (χ4n) is 3.10. The minimum Gasteiger partial charge on any atom is -0.294 e. The largest absolute Gasteiger partial charge is 0.294 e. The number of aromatic nitrogens is 5. The van der Waals surface area contributed by atoms with Crippen molar-refractivity contribution in [2.75, 3.05) is 0 Å². The molecule has 0 N–H and O–H groups in total. The fourth-order valence-corrected chi connectivity index (χ4v) is 3.33. The summed E-state index contributed by atoms with van der Waals surface area (Å²) in [5, 5.41) is 4.34. The van der Waals surface area contributed by atoms with Gasteiger partial charge in [-0.25, -0.2) is 14.6 Å². The Kier molecular flexibility index (Phi) is 6.29. The first kappa shape index (κ1) is 19.2. The highest BCUT2D eigenvalue weighted by Gasteiger charge is 2.20. The van der Waals surface area contributed by atoms with Crippen LogP contribution in [-0.2, 0) is 0 Å². The Labute approximate surface area is 163 Å². The van der Waals surface area contributed by atoms with Crippen molar-refractivity contribution in [1.82, 2.24) is 24.7 Å². The number of hydrogen-bond donors (Lipinski definition) is 0. The molecule has 3 aromatic heterocycles. The third-order valence-corrected chi connectivity index (χ3v) is 4.64. The minimum absolute atomic E-state index is 0.0279. The van der Waals surface area contributed by atoms with Crippen molar-refractivity contribution >= 4 is 17.4 Å². The van der Waals surface area contributed by atoms with Crippen LogP contribution < -0.4 is 0 Å². The maximum atomic E-state index is 12.7. The molecule has 0 radical (unpaired) electrons. The van der Waals surface area contributed by atoms with E-state index < -0.39 is 0 Å². The second kappa shape index (κ2) is 8.86. The number of Topliss-reactive ketones (excluding diaryl/α,β-unsaturated/α-hetero) is 1. The van der Waals surface area contributed by atoms with E-state index in [0.717, 1.165) is 12.8 Å². The number of nitrogens with zero attached hydrogens (tertiary/aromatic N) is 5. The summed E-state index contributed by atoms with van der Waals surface area (Å²) in [6.07, 6.45) is 10.6. The molecule has 3 heterocycles. The number of pyridine rings is 1. The van der Waals surface area contributed by atoms with Gasteiger partial charge in [0.2, 0.25) is 5.95 Å². The summed E-state index contributed by atoms with van der Waals surface area (Å²) in [5.41, 5.74) is 1.57. The zero-order chi connectivity index (χ0) is 19.2. The Morgan fingerprint density at radius 1 is 1.19 bits per heavy atom. The van der Waals surface area contributed by atoms with Gasteiger partial charge < -0.3 is 0 Å². The SMILES string of the molecule is CC(C)CC(CCC(=O)c1cn(-c2ncccn2)nc1Cl)c1cccnc1. The van der Waals surface area contributed by atoms with Crippen molar-refractivity contribution in [3.05, 3.63) is 65.5 Å². The second-order valence-electron chi connectivity index (χ2n) is 6.90. The average molecular weight is 384 g/mol. The predicted molar refractivity (Wildman–Crippen MR) is 104 cm³/mol. The Morgan fingerprint density at radius 2 is 1.96 bits per heavy atom.